The van der Waals surface area contributed by atoms with Gasteiger partial charge < -0.3 is 14.6 Å². The van der Waals surface area contributed by atoms with E-state index in [-0.39, 0.29) is 5.60 Å². The van der Waals surface area contributed by atoms with Gasteiger partial charge in [-0.3, -0.25) is 4.90 Å². The van der Waals surface area contributed by atoms with E-state index in [1.54, 1.807) is 7.11 Å². The lowest BCUT2D eigenvalue weighted by molar-refractivity contribution is -0.0576. The van der Waals surface area contributed by atoms with E-state index in [2.05, 4.69) is 17.0 Å². The molecule has 0 aliphatic rings. The second-order valence-corrected chi connectivity index (χ2v) is 6.29. The third kappa shape index (κ3) is 8.83. The molecule has 1 aromatic carbocycles. The van der Waals surface area contributed by atoms with Crippen LogP contribution >= 0.6 is 0 Å². The second kappa shape index (κ2) is 9.15. The Labute approximate surface area is 128 Å². The van der Waals surface area contributed by atoms with Gasteiger partial charge in [-0.15, -0.1) is 0 Å². The van der Waals surface area contributed by atoms with Crippen LogP contribution < -0.4 is 0 Å². The van der Waals surface area contributed by atoms with Crippen molar-refractivity contribution in [3.05, 3.63) is 35.9 Å². The Morgan fingerprint density at radius 3 is 2.43 bits per heavy atom. The highest BCUT2D eigenvalue weighted by atomic mass is 16.5. The molecule has 1 N–H and O–H groups in total. The first-order valence-corrected chi connectivity index (χ1v) is 7.48. The monoisotopic (exact) mass is 295 g/mol. The number of rotatable bonds is 9. The van der Waals surface area contributed by atoms with Crippen molar-refractivity contribution in [2.75, 3.05) is 33.4 Å². The van der Waals surface area contributed by atoms with Crippen LogP contribution in [0.15, 0.2) is 30.3 Å². The first kappa shape index (κ1) is 18.1. The van der Waals surface area contributed by atoms with Crippen molar-refractivity contribution < 1.29 is 14.6 Å². The Hall–Kier alpha value is -0.940. The summed E-state index contributed by atoms with van der Waals surface area (Å²) in [6.07, 6.45) is -0.496. The van der Waals surface area contributed by atoms with Crippen LogP contribution in [0.5, 0.6) is 0 Å². The molecule has 0 aliphatic heterocycles. The summed E-state index contributed by atoms with van der Waals surface area (Å²) in [5.41, 5.74) is 1.01. The van der Waals surface area contributed by atoms with Crippen molar-refractivity contribution >= 4 is 0 Å². The third-order valence-electron chi connectivity index (χ3n) is 3.04. The summed E-state index contributed by atoms with van der Waals surface area (Å²) in [5, 5.41) is 10.2. The third-order valence-corrected chi connectivity index (χ3v) is 3.04. The average Bonchev–Trinajstić information content (AvgIpc) is 2.43. The van der Waals surface area contributed by atoms with Crippen LogP contribution in [-0.2, 0) is 16.0 Å². The minimum Gasteiger partial charge on any atom is -0.389 e. The Balaban J connectivity index is 2.49. The van der Waals surface area contributed by atoms with Crippen LogP contribution in [0.2, 0.25) is 0 Å². The van der Waals surface area contributed by atoms with Gasteiger partial charge >= 0.3 is 0 Å². The summed E-state index contributed by atoms with van der Waals surface area (Å²) < 4.78 is 10.8. The summed E-state index contributed by atoms with van der Waals surface area (Å²) in [4.78, 5) is 2.19. The summed E-state index contributed by atoms with van der Waals surface area (Å²) in [6, 6.07) is 10.3. The van der Waals surface area contributed by atoms with E-state index in [0.717, 1.165) is 13.1 Å². The highest BCUT2D eigenvalue weighted by Crippen LogP contribution is 2.09. The molecule has 0 saturated carbocycles. The van der Waals surface area contributed by atoms with E-state index in [1.807, 2.05) is 39.0 Å². The van der Waals surface area contributed by atoms with Crippen molar-refractivity contribution in [2.45, 2.75) is 39.0 Å². The molecule has 120 valence electrons. The van der Waals surface area contributed by atoms with Crippen LogP contribution in [0.1, 0.15) is 26.3 Å². The normalized spacial score (nSPS) is 13.6. The predicted octanol–water partition coefficient (Wildman–Crippen LogP) is 2.31. The first-order chi connectivity index (χ1) is 9.90. The Morgan fingerprint density at radius 2 is 1.86 bits per heavy atom. The zero-order valence-corrected chi connectivity index (χ0v) is 13.7. The van der Waals surface area contributed by atoms with Gasteiger partial charge in [0.15, 0.2) is 0 Å². The van der Waals surface area contributed by atoms with Gasteiger partial charge in [-0.25, -0.2) is 0 Å². The van der Waals surface area contributed by atoms with E-state index in [1.165, 1.54) is 5.56 Å². The molecule has 4 nitrogen and oxygen atoms in total. The molecule has 1 rings (SSSR count). The van der Waals surface area contributed by atoms with Crippen molar-refractivity contribution in [3.8, 4) is 0 Å². The fraction of sp³-hybridized carbons (Fsp3) is 0.647. The average molecular weight is 295 g/mol. The van der Waals surface area contributed by atoms with E-state index in [9.17, 15) is 5.11 Å². The summed E-state index contributed by atoms with van der Waals surface area (Å²) >= 11 is 0. The van der Waals surface area contributed by atoms with Crippen molar-refractivity contribution in [2.24, 2.45) is 0 Å². The highest BCUT2D eigenvalue weighted by molar-refractivity contribution is 5.14. The summed E-state index contributed by atoms with van der Waals surface area (Å²) in [7, 11) is 1.69. The molecule has 0 spiro atoms. The molecule has 0 aliphatic carbocycles. The first-order valence-electron chi connectivity index (χ1n) is 7.48. The molecule has 0 fully saturated rings. The molecule has 0 radical (unpaired) electrons. The zero-order valence-electron chi connectivity index (χ0n) is 13.7. The maximum atomic E-state index is 10.2. The van der Waals surface area contributed by atoms with E-state index in [4.69, 9.17) is 9.47 Å². The van der Waals surface area contributed by atoms with Gasteiger partial charge in [-0.1, -0.05) is 30.3 Å². The highest BCUT2D eigenvalue weighted by Gasteiger charge is 2.16. The lowest BCUT2D eigenvalue weighted by Gasteiger charge is -2.27. The lowest BCUT2D eigenvalue weighted by atomic mass is 10.2. The van der Waals surface area contributed by atoms with Crippen LogP contribution in [0, 0.1) is 0 Å². The number of nitrogens with zero attached hydrogens (tertiary/aromatic N) is 1. The predicted molar refractivity (Wildman–Crippen MR) is 85.3 cm³/mol. The molecule has 21 heavy (non-hydrogen) atoms. The standard InChI is InChI=1S/C17H29NO3/c1-17(2,3)21-14-16(19)13-18(10-11-20-4)12-15-8-6-5-7-9-15/h5-9,16,19H,10-14H2,1-4H3/t16-/m1/s1. The van der Waals surface area contributed by atoms with E-state index in [0.29, 0.717) is 19.8 Å². The van der Waals surface area contributed by atoms with Crippen LogP contribution in [0.25, 0.3) is 0 Å². The number of aliphatic hydroxyl groups is 1. The molecular weight excluding hydrogens is 266 g/mol. The molecule has 0 aromatic heterocycles. The van der Waals surface area contributed by atoms with E-state index < -0.39 is 6.10 Å². The van der Waals surface area contributed by atoms with Gasteiger partial charge in [0.2, 0.25) is 0 Å². The number of hydrogen-bond donors (Lipinski definition) is 1. The number of methoxy groups -OCH3 is 1. The number of ether oxygens (including phenoxy) is 2. The molecule has 0 saturated heterocycles. The molecule has 0 bridgehead atoms. The van der Waals surface area contributed by atoms with Crippen molar-refractivity contribution in [1.82, 2.24) is 4.90 Å². The molecule has 4 heteroatoms. The summed E-state index contributed by atoms with van der Waals surface area (Å²) in [6.45, 7) is 9.15. The van der Waals surface area contributed by atoms with Gasteiger partial charge in [-0.2, -0.15) is 0 Å². The smallest absolute Gasteiger partial charge is 0.0900 e. The lowest BCUT2D eigenvalue weighted by Crippen LogP contribution is -2.38. The van der Waals surface area contributed by atoms with Gasteiger partial charge in [0.25, 0.3) is 0 Å². The number of hydrogen-bond acceptors (Lipinski definition) is 4. The molecule has 0 heterocycles. The number of aliphatic hydroxyl groups excluding tert-OH is 1. The Kier molecular flexibility index (Phi) is 7.89. The molecular formula is C17H29NO3. The second-order valence-electron chi connectivity index (χ2n) is 6.29. The molecule has 1 atom stereocenters. The molecule has 1 aromatic rings. The minimum absolute atomic E-state index is 0.224. The summed E-state index contributed by atoms with van der Waals surface area (Å²) in [5.74, 6) is 0. The SMILES string of the molecule is COCCN(Cc1ccccc1)C[C@@H](O)COC(C)(C)C. The van der Waals surface area contributed by atoms with Crippen LogP contribution in [-0.4, -0.2) is 55.1 Å². The Bertz CT molecular complexity index is 375. The van der Waals surface area contributed by atoms with Crippen molar-refractivity contribution in [3.63, 3.8) is 0 Å². The minimum atomic E-state index is -0.496. The van der Waals surface area contributed by atoms with Crippen LogP contribution in [0.3, 0.4) is 0 Å². The number of benzene rings is 1. The Morgan fingerprint density at radius 1 is 1.19 bits per heavy atom. The topological polar surface area (TPSA) is 41.9 Å². The van der Waals surface area contributed by atoms with Gasteiger partial charge in [-0.05, 0) is 26.3 Å². The van der Waals surface area contributed by atoms with Gasteiger partial charge in [0.1, 0.15) is 0 Å². The quantitative estimate of drug-likeness (QED) is 0.759. The van der Waals surface area contributed by atoms with Crippen molar-refractivity contribution in [1.29, 1.82) is 0 Å². The van der Waals surface area contributed by atoms with Gasteiger partial charge in [0, 0.05) is 26.7 Å². The molecule has 0 unspecified atom stereocenters. The fourth-order valence-corrected chi connectivity index (χ4v) is 1.99. The molecule has 0 amide bonds. The maximum absolute atomic E-state index is 10.2. The van der Waals surface area contributed by atoms with Gasteiger partial charge in [0.05, 0.1) is 24.9 Å². The maximum Gasteiger partial charge on any atom is 0.0900 e. The fourth-order valence-electron chi connectivity index (χ4n) is 1.99. The van der Waals surface area contributed by atoms with Crippen LogP contribution in [0.4, 0.5) is 0 Å². The largest absolute Gasteiger partial charge is 0.389 e. The van der Waals surface area contributed by atoms with E-state index >= 15 is 0 Å². The zero-order chi connectivity index (χ0) is 15.7.